The summed E-state index contributed by atoms with van der Waals surface area (Å²) < 4.78 is 0. The number of benzene rings is 2. The van der Waals surface area contributed by atoms with E-state index in [2.05, 4.69) is 12.2 Å². The second-order valence-corrected chi connectivity index (χ2v) is 7.31. The highest BCUT2D eigenvalue weighted by Crippen LogP contribution is 2.20. The molecule has 1 heterocycles. The quantitative estimate of drug-likeness (QED) is 0.767. The first-order valence-corrected chi connectivity index (χ1v) is 9.53. The van der Waals surface area contributed by atoms with Crippen LogP contribution in [0.2, 0.25) is 5.02 Å². The molecule has 3 rings (SSSR count). The molecule has 27 heavy (non-hydrogen) atoms. The summed E-state index contributed by atoms with van der Waals surface area (Å²) in [4.78, 5) is 26.7. The first kappa shape index (κ1) is 19.2. The van der Waals surface area contributed by atoms with E-state index >= 15 is 0 Å². The molecule has 2 aromatic rings. The Bertz CT molecular complexity index is 855. The van der Waals surface area contributed by atoms with Crippen LogP contribution < -0.4 is 5.32 Å². The minimum absolute atomic E-state index is 0.0182. The first-order chi connectivity index (χ1) is 13.0. The number of carbonyl (C=O) groups is 2. The topological polar surface area (TPSA) is 49.4 Å². The fourth-order valence-corrected chi connectivity index (χ4v) is 3.28. The number of likely N-dealkylation sites (tertiary alicyclic amines) is 1. The van der Waals surface area contributed by atoms with Gasteiger partial charge in [0.2, 0.25) is 5.91 Å². The average Bonchev–Trinajstić information content (AvgIpc) is 2.67. The molecule has 0 atom stereocenters. The molecule has 0 aromatic heterocycles. The lowest BCUT2D eigenvalue weighted by Crippen LogP contribution is -2.37. The third-order valence-corrected chi connectivity index (χ3v) is 5.11. The summed E-state index contributed by atoms with van der Waals surface area (Å²) in [6, 6.07) is 14.4. The highest BCUT2D eigenvalue weighted by molar-refractivity contribution is 6.32. The second-order valence-electron chi connectivity index (χ2n) is 6.90. The van der Waals surface area contributed by atoms with Crippen molar-refractivity contribution in [2.45, 2.75) is 19.8 Å². The van der Waals surface area contributed by atoms with Crippen LogP contribution in [0.1, 0.15) is 35.7 Å². The Hall–Kier alpha value is -2.59. The number of nitrogens with zero attached hydrogens (tertiary/aromatic N) is 1. The van der Waals surface area contributed by atoms with E-state index in [1.807, 2.05) is 23.1 Å². The van der Waals surface area contributed by atoms with Gasteiger partial charge in [-0.05, 0) is 54.7 Å². The number of amides is 2. The van der Waals surface area contributed by atoms with Gasteiger partial charge in [-0.2, -0.15) is 0 Å². The molecule has 1 saturated heterocycles. The maximum atomic E-state index is 12.7. The molecule has 5 heteroatoms. The Morgan fingerprint density at radius 1 is 1.11 bits per heavy atom. The van der Waals surface area contributed by atoms with Crippen molar-refractivity contribution in [3.8, 4) is 0 Å². The maximum absolute atomic E-state index is 12.7. The van der Waals surface area contributed by atoms with Crippen molar-refractivity contribution in [2.75, 3.05) is 18.4 Å². The molecule has 0 saturated carbocycles. The minimum atomic E-state index is -0.272. The van der Waals surface area contributed by atoms with Crippen molar-refractivity contribution in [3.63, 3.8) is 0 Å². The molecule has 2 aromatic carbocycles. The summed E-state index contributed by atoms with van der Waals surface area (Å²) in [6.45, 7) is 3.79. The molecule has 2 amide bonds. The molecule has 1 aliphatic rings. The van der Waals surface area contributed by atoms with Gasteiger partial charge in [-0.15, -0.1) is 0 Å². The van der Waals surface area contributed by atoms with Crippen molar-refractivity contribution >= 4 is 35.2 Å². The Balaban J connectivity index is 1.64. The number of anilines is 1. The maximum Gasteiger partial charge on any atom is 0.253 e. The monoisotopic (exact) mass is 382 g/mol. The molecule has 4 nitrogen and oxygen atoms in total. The van der Waals surface area contributed by atoms with Crippen LogP contribution in [0.15, 0.2) is 54.6 Å². The molecule has 1 fully saturated rings. The van der Waals surface area contributed by atoms with Crippen molar-refractivity contribution in [3.05, 3.63) is 70.8 Å². The summed E-state index contributed by atoms with van der Waals surface area (Å²) in [6.07, 6.45) is 5.17. The molecule has 140 valence electrons. The van der Waals surface area contributed by atoms with Gasteiger partial charge in [-0.25, -0.2) is 0 Å². The zero-order valence-electron chi connectivity index (χ0n) is 15.3. The number of hydrogen-bond acceptors (Lipinski definition) is 2. The molecule has 0 spiro atoms. The zero-order chi connectivity index (χ0) is 19.2. The van der Waals surface area contributed by atoms with E-state index < -0.39 is 0 Å². The van der Waals surface area contributed by atoms with E-state index in [4.69, 9.17) is 11.6 Å². The number of halogens is 1. The van der Waals surface area contributed by atoms with Crippen LogP contribution in [-0.4, -0.2) is 29.8 Å². The summed E-state index contributed by atoms with van der Waals surface area (Å²) in [5, 5.41) is 3.39. The Morgan fingerprint density at radius 3 is 2.59 bits per heavy atom. The molecule has 1 N–H and O–H groups in total. The smallest absolute Gasteiger partial charge is 0.253 e. The van der Waals surface area contributed by atoms with Gasteiger partial charge in [0.25, 0.3) is 5.91 Å². The van der Waals surface area contributed by atoms with E-state index in [0.29, 0.717) is 22.2 Å². The van der Waals surface area contributed by atoms with E-state index in [9.17, 15) is 9.59 Å². The van der Waals surface area contributed by atoms with E-state index in [-0.39, 0.29) is 11.8 Å². The normalized spacial score (nSPS) is 15.1. The Labute approximate surface area is 164 Å². The highest BCUT2D eigenvalue weighted by Gasteiger charge is 2.21. The van der Waals surface area contributed by atoms with Crippen LogP contribution in [0.25, 0.3) is 6.08 Å². The fourth-order valence-electron chi connectivity index (χ4n) is 3.08. The van der Waals surface area contributed by atoms with Gasteiger partial charge in [0.15, 0.2) is 0 Å². The molecular formula is C22H23ClN2O2. The lowest BCUT2D eigenvalue weighted by molar-refractivity contribution is -0.111. The number of rotatable bonds is 4. The first-order valence-electron chi connectivity index (χ1n) is 9.16. The number of piperidine rings is 1. The number of carbonyl (C=O) groups excluding carboxylic acids is 2. The summed E-state index contributed by atoms with van der Waals surface area (Å²) >= 11 is 6.08. The lowest BCUT2D eigenvalue weighted by atomic mass is 9.98. The van der Waals surface area contributed by atoms with Crippen LogP contribution in [0.3, 0.4) is 0 Å². The third kappa shape index (κ3) is 5.20. The standard InChI is InChI=1S/C22H23ClN2O2/c1-16-11-13-25(14-12-16)22(27)18-6-4-7-19(15-18)24-21(26)10-9-17-5-2-3-8-20(17)23/h2-10,15-16H,11-14H2,1H3,(H,24,26)/b10-9+. The predicted octanol–water partition coefficient (Wildman–Crippen LogP) is 4.86. The molecular weight excluding hydrogens is 360 g/mol. The van der Waals surface area contributed by atoms with Gasteiger partial charge in [-0.1, -0.05) is 42.8 Å². The summed E-state index contributed by atoms with van der Waals surface area (Å²) in [5.41, 5.74) is 1.97. The van der Waals surface area contributed by atoms with Gasteiger partial charge in [0.05, 0.1) is 0 Å². The Kier molecular flexibility index (Phi) is 6.30. The van der Waals surface area contributed by atoms with E-state index in [1.54, 1.807) is 36.4 Å². The SMILES string of the molecule is CC1CCN(C(=O)c2cccc(NC(=O)/C=C/c3ccccc3Cl)c2)CC1. The zero-order valence-corrected chi connectivity index (χ0v) is 16.1. The summed E-state index contributed by atoms with van der Waals surface area (Å²) in [7, 11) is 0. The molecule has 0 aliphatic carbocycles. The van der Waals surface area contributed by atoms with Crippen LogP contribution in [-0.2, 0) is 4.79 Å². The van der Waals surface area contributed by atoms with Gasteiger partial charge in [-0.3, -0.25) is 9.59 Å². The van der Waals surface area contributed by atoms with E-state index in [0.717, 1.165) is 31.5 Å². The van der Waals surface area contributed by atoms with Gasteiger partial charge in [0.1, 0.15) is 0 Å². The fraction of sp³-hybridized carbons (Fsp3) is 0.273. The van der Waals surface area contributed by atoms with Crippen molar-refractivity contribution in [1.82, 2.24) is 4.90 Å². The third-order valence-electron chi connectivity index (χ3n) is 4.77. The van der Waals surface area contributed by atoms with E-state index in [1.165, 1.54) is 6.08 Å². The predicted molar refractivity (Wildman–Crippen MR) is 110 cm³/mol. The molecule has 0 bridgehead atoms. The van der Waals surface area contributed by atoms with Gasteiger partial charge < -0.3 is 10.2 Å². The van der Waals surface area contributed by atoms with Crippen LogP contribution >= 0.6 is 11.6 Å². The second kappa shape index (κ2) is 8.87. The molecule has 0 unspecified atom stereocenters. The Morgan fingerprint density at radius 2 is 1.85 bits per heavy atom. The van der Waals surface area contributed by atoms with Crippen LogP contribution in [0.5, 0.6) is 0 Å². The van der Waals surface area contributed by atoms with Crippen molar-refractivity contribution in [1.29, 1.82) is 0 Å². The van der Waals surface area contributed by atoms with Gasteiger partial charge in [0, 0.05) is 35.4 Å². The van der Waals surface area contributed by atoms with Crippen LogP contribution in [0, 0.1) is 5.92 Å². The lowest BCUT2D eigenvalue weighted by Gasteiger charge is -2.30. The van der Waals surface area contributed by atoms with Crippen molar-refractivity contribution in [2.24, 2.45) is 5.92 Å². The molecule has 0 radical (unpaired) electrons. The number of nitrogens with one attached hydrogen (secondary N) is 1. The highest BCUT2D eigenvalue weighted by atomic mass is 35.5. The summed E-state index contributed by atoms with van der Waals surface area (Å²) in [5.74, 6) is 0.417. The van der Waals surface area contributed by atoms with Crippen molar-refractivity contribution < 1.29 is 9.59 Å². The van der Waals surface area contributed by atoms with Gasteiger partial charge >= 0.3 is 0 Å². The average molecular weight is 383 g/mol. The largest absolute Gasteiger partial charge is 0.339 e. The minimum Gasteiger partial charge on any atom is -0.339 e. The molecule has 1 aliphatic heterocycles. The van der Waals surface area contributed by atoms with Crippen LogP contribution in [0.4, 0.5) is 5.69 Å². The number of hydrogen-bond donors (Lipinski definition) is 1.